The van der Waals surface area contributed by atoms with Crippen molar-refractivity contribution in [3.8, 4) is 0 Å². The zero-order valence-corrected chi connectivity index (χ0v) is 15.3. The van der Waals surface area contributed by atoms with Gasteiger partial charge >= 0.3 is 0 Å². The topological polar surface area (TPSA) is 52.6 Å². The predicted octanol–water partition coefficient (Wildman–Crippen LogP) is 3.13. The Labute approximate surface area is 150 Å². The molecule has 2 rings (SSSR count). The van der Waals surface area contributed by atoms with Crippen LogP contribution >= 0.6 is 23.6 Å². The summed E-state index contributed by atoms with van der Waals surface area (Å²) in [5.74, 6) is -0.252. The number of hydrogen-bond acceptors (Lipinski definition) is 5. The van der Waals surface area contributed by atoms with Gasteiger partial charge in [0.2, 0.25) is 0 Å². The summed E-state index contributed by atoms with van der Waals surface area (Å²) < 4.78 is 12.8. The predicted molar refractivity (Wildman–Crippen MR) is 102 cm³/mol. The average Bonchev–Trinajstić information content (AvgIpc) is 3.04. The Morgan fingerprint density at radius 1 is 1.33 bits per heavy atom. The molecule has 0 unspecified atom stereocenters. The van der Waals surface area contributed by atoms with Crippen LogP contribution in [0.15, 0.2) is 35.6 Å². The first-order valence-corrected chi connectivity index (χ1v) is 8.87. The molecule has 128 valence electrons. The molecule has 5 nitrogen and oxygen atoms in total. The number of thiocarbonyl (C=S) groups is 1. The van der Waals surface area contributed by atoms with E-state index in [1.807, 2.05) is 0 Å². The van der Waals surface area contributed by atoms with Crippen molar-refractivity contribution in [3.63, 3.8) is 0 Å². The Bertz CT molecular complexity index is 680. The Morgan fingerprint density at radius 3 is 2.71 bits per heavy atom. The number of nitrogens with one attached hydrogen (secondary N) is 2. The van der Waals surface area contributed by atoms with E-state index < -0.39 is 0 Å². The molecule has 1 aromatic carbocycles. The number of benzene rings is 1. The maximum atomic E-state index is 12.8. The van der Waals surface area contributed by atoms with Gasteiger partial charge in [0.1, 0.15) is 5.82 Å². The van der Waals surface area contributed by atoms with E-state index in [9.17, 15) is 4.39 Å². The Morgan fingerprint density at radius 2 is 2.04 bits per heavy atom. The first kappa shape index (κ1) is 18.3. The largest absolute Gasteiger partial charge is 0.357 e. The molecule has 2 N–H and O–H groups in total. The third-order valence-electron chi connectivity index (χ3n) is 3.27. The van der Waals surface area contributed by atoms with Gasteiger partial charge in [0.15, 0.2) is 10.2 Å². The molecule has 0 atom stereocenters. The van der Waals surface area contributed by atoms with Crippen molar-refractivity contribution in [2.45, 2.75) is 20.4 Å². The fourth-order valence-corrected chi connectivity index (χ4v) is 2.99. The van der Waals surface area contributed by atoms with Crippen molar-refractivity contribution < 1.29 is 4.39 Å². The van der Waals surface area contributed by atoms with Crippen LogP contribution in [-0.2, 0) is 6.54 Å². The van der Waals surface area contributed by atoms with Gasteiger partial charge in [-0.3, -0.25) is 5.43 Å². The molecule has 0 aliphatic carbocycles. The van der Waals surface area contributed by atoms with E-state index >= 15 is 0 Å². The number of thiazole rings is 1. The normalized spacial score (nSPS) is 10.8. The first-order chi connectivity index (χ1) is 11.6. The number of rotatable bonds is 7. The second-order valence-corrected chi connectivity index (χ2v) is 6.35. The number of nitrogens with zero attached hydrogens (tertiary/aromatic N) is 3. The SMILES string of the molecule is CCN(CC)c1ncc(/C=N\NC(=S)NCc2ccc(F)cc2)s1. The van der Waals surface area contributed by atoms with E-state index in [0.717, 1.165) is 28.7 Å². The molecule has 0 saturated carbocycles. The van der Waals surface area contributed by atoms with Crippen molar-refractivity contribution in [1.29, 1.82) is 0 Å². The van der Waals surface area contributed by atoms with Crippen LogP contribution in [0, 0.1) is 5.82 Å². The van der Waals surface area contributed by atoms with Crippen LogP contribution in [0.25, 0.3) is 0 Å². The van der Waals surface area contributed by atoms with Crippen LogP contribution < -0.4 is 15.6 Å². The lowest BCUT2D eigenvalue weighted by atomic mass is 10.2. The van der Waals surface area contributed by atoms with Crippen LogP contribution in [0.5, 0.6) is 0 Å². The first-order valence-electron chi connectivity index (χ1n) is 7.64. The van der Waals surface area contributed by atoms with Crippen molar-refractivity contribution in [2.75, 3.05) is 18.0 Å². The number of hydrazone groups is 1. The van der Waals surface area contributed by atoms with Gasteiger partial charge in [-0.25, -0.2) is 9.37 Å². The minimum absolute atomic E-state index is 0.252. The summed E-state index contributed by atoms with van der Waals surface area (Å²) in [6.07, 6.45) is 3.48. The summed E-state index contributed by atoms with van der Waals surface area (Å²) in [7, 11) is 0. The standard InChI is InChI=1S/C16H20FN5S2/c1-3-22(4-2)16-19-10-14(24-16)11-20-21-15(23)18-9-12-5-7-13(17)8-6-12/h5-8,10-11H,3-4,9H2,1-2H3,(H2,18,21,23)/b20-11-. The van der Waals surface area contributed by atoms with Crippen molar-refractivity contribution in [2.24, 2.45) is 5.10 Å². The molecule has 2 aromatic rings. The lowest BCUT2D eigenvalue weighted by Crippen LogP contribution is -2.31. The molecule has 0 saturated heterocycles. The van der Waals surface area contributed by atoms with Crippen LogP contribution in [0.3, 0.4) is 0 Å². The highest BCUT2D eigenvalue weighted by Gasteiger charge is 2.06. The monoisotopic (exact) mass is 365 g/mol. The minimum Gasteiger partial charge on any atom is -0.357 e. The number of halogens is 1. The van der Waals surface area contributed by atoms with Crippen LogP contribution in [0.4, 0.5) is 9.52 Å². The molecule has 0 fully saturated rings. The lowest BCUT2D eigenvalue weighted by Gasteiger charge is -2.16. The van der Waals surface area contributed by atoms with E-state index in [1.54, 1.807) is 35.9 Å². The third-order valence-corrected chi connectivity index (χ3v) is 4.50. The molecule has 0 radical (unpaired) electrons. The maximum absolute atomic E-state index is 12.8. The Kier molecular flexibility index (Phi) is 7.07. The third kappa shape index (κ3) is 5.54. The van der Waals surface area contributed by atoms with Crippen molar-refractivity contribution in [1.82, 2.24) is 15.7 Å². The molecule has 0 aliphatic rings. The molecule has 0 spiro atoms. The van der Waals surface area contributed by atoms with Gasteiger partial charge in [-0.1, -0.05) is 23.5 Å². The highest BCUT2D eigenvalue weighted by molar-refractivity contribution is 7.80. The van der Waals surface area contributed by atoms with Crippen molar-refractivity contribution >= 4 is 40.0 Å². The summed E-state index contributed by atoms with van der Waals surface area (Å²) in [4.78, 5) is 7.52. The van der Waals surface area contributed by atoms with E-state index in [4.69, 9.17) is 12.2 Å². The number of aromatic nitrogens is 1. The van der Waals surface area contributed by atoms with E-state index in [1.165, 1.54) is 12.1 Å². The van der Waals surface area contributed by atoms with Gasteiger partial charge in [-0.2, -0.15) is 5.10 Å². The smallest absolute Gasteiger partial charge is 0.187 e. The summed E-state index contributed by atoms with van der Waals surface area (Å²) in [6.45, 7) is 6.57. The quantitative estimate of drug-likeness (QED) is 0.449. The second-order valence-electron chi connectivity index (χ2n) is 4.90. The number of anilines is 1. The molecule has 24 heavy (non-hydrogen) atoms. The second kappa shape index (κ2) is 9.29. The lowest BCUT2D eigenvalue weighted by molar-refractivity contribution is 0.626. The van der Waals surface area contributed by atoms with Gasteiger partial charge in [0.25, 0.3) is 0 Å². The van der Waals surface area contributed by atoms with Gasteiger partial charge < -0.3 is 10.2 Å². The molecule has 0 amide bonds. The van der Waals surface area contributed by atoms with Gasteiger partial charge in [-0.15, -0.1) is 0 Å². The molecular weight excluding hydrogens is 345 g/mol. The highest BCUT2D eigenvalue weighted by Crippen LogP contribution is 2.20. The zero-order valence-electron chi connectivity index (χ0n) is 13.6. The Balaban J connectivity index is 1.78. The van der Waals surface area contributed by atoms with Gasteiger partial charge in [0.05, 0.1) is 11.1 Å². The van der Waals surface area contributed by atoms with Gasteiger partial charge in [-0.05, 0) is 43.8 Å². The van der Waals surface area contributed by atoms with Gasteiger partial charge in [0, 0.05) is 25.8 Å². The zero-order chi connectivity index (χ0) is 17.4. The maximum Gasteiger partial charge on any atom is 0.187 e. The average molecular weight is 366 g/mol. The molecular formula is C16H20FN5S2. The fourth-order valence-electron chi connectivity index (χ4n) is 1.96. The molecule has 1 aromatic heterocycles. The minimum atomic E-state index is -0.252. The van der Waals surface area contributed by atoms with Crippen molar-refractivity contribution in [3.05, 3.63) is 46.7 Å². The Hall–Kier alpha value is -2.06. The van der Waals surface area contributed by atoms with Crippen LogP contribution in [-0.4, -0.2) is 29.4 Å². The highest BCUT2D eigenvalue weighted by atomic mass is 32.1. The van der Waals surface area contributed by atoms with Crippen LogP contribution in [0.2, 0.25) is 0 Å². The fraction of sp³-hybridized carbons (Fsp3) is 0.312. The summed E-state index contributed by atoms with van der Waals surface area (Å²) in [5, 5.41) is 8.51. The molecule has 8 heteroatoms. The van der Waals surface area contributed by atoms with E-state index in [2.05, 4.69) is 39.6 Å². The van der Waals surface area contributed by atoms with E-state index in [0.29, 0.717) is 11.7 Å². The number of hydrogen-bond donors (Lipinski definition) is 2. The summed E-state index contributed by atoms with van der Waals surface area (Å²) in [6, 6.07) is 6.26. The molecule has 0 bridgehead atoms. The molecule has 0 aliphatic heterocycles. The van der Waals surface area contributed by atoms with E-state index in [-0.39, 0.29) is 5.82 Å². The summed E-state index contributed by atoms with van der Waals surface area (Å²) >= 11 is 6.73. The summed E-state index contributed by atoms with van der Waals surface area (Å²) in [5.41, 5.74) is 3.70. The molecule has 1 heterocycles. The van der Waals surface area contributed by atoms with Crippen LogP contribution in [0.1, 0.15) is 24.3 Å².